The number of aliphatic hydroxyl groups excluding tert-OH is 6. The average Bonchev–Trinajstić information content (AvgIpc) is 3.50. The number of fused-ring (bicyclic) bond motifs is 1. The van der Waals surface area contributed by atoms with Crippen LogP contribution in [0.15, 0.2) is 4.99 Å². The highest BCUT2D eigenvalue weighted by molar-refractivity contribution is 5.76. The number of aliphatic imine (C=N–C) groups is 1. The van der Waals surface area contributed by atoms with Gasteiger partial charge in [-0.25, -0.2) is 4.99 Å². The third-order valence-corrected chi connectivity index (χ3v) is 8.17. The van der Waals surface area contributed by atoms with Crippen LogP contribution in [0.25, 0.3) is 0 Å². The maximum Gasteiger partial charge on any atom is 0.287 e. The molecule has 44 heavy (non-hydrogen) atoms. The summed E-state index contributed by atoms with van der Waals surface area (Å²) in [5.74, 6) is -1.92. The molecule has 18 heteroatoms. The third kappa shape index (κ3) is 6.95. The van der Waals surface area contributed by atoms with E-state index >= 15 is 0 Å². The van der Waals surface area contributed by atoms with Crippen LogP contribution in [0.2, 0.25) is 0 Å². The Morgan fingerprint density at radius 3 is 1.93 bits per heavy atom. The Hall–Kier alpha value is -2.23. The standard InChI is InChI=1S/C26H44N4O14/c1-9(33)27-15-18(36)17(35)13(8-39-5)41-24(15)43-23-12(7-32)40-25(16(20(23)38)28-10(2)34)42-22-11(6-31)21-14(19(22)37)29-26(44-21)30(3)4/h11-25,31-32,35-38H,6-8H2,1-5H3,(H,27,33)(H,28,34)/t11-,12+,13-,14+,15-,16+,17-,18-,19+,20-,21-,22-,23-,24-,25+/m0/s1. The van der Waals surface area contributed by atoms with Crippen LogP contribution >= 0.6 is 0 Å². The summed E-state index contributed by atoms with van der Waals surface area (Å²) in [6, 6.07) is -3.11. The lowest BCUT2D eigenvalue weighted by Crippen LogP contribution is -2.69. The third-order valence-electron chi connectivity index (χ3n) is 8.17. The number of nitrogens with zero attached hydrogens (tertiary/aromatic N) is 2. The van der Waals surface area contributed by atoms with Gasteiger partial charge in [-0.15, -0.1) is 0 Å². The molecule has 1 aliphatic carbocycles. The minimum atomic E-state index is -1.64. The number of hydrogen-bond donors (Lipinski definition) is 8. The van der Waals surface area contributed by atoms with Gasteiger partial charge in [0.1, 0.15) is 67.0 Å². The van der Waals surface area contributed by atoms with Gasteiger partial charge in [0.15, 0.2) is 12.6 Å². The van der Waals surface area contributed by atoms with Gasteiger partial charge in [0.25, 0.3) is 6.02 Å². The van der Waals surface area contributed by atoms with Gasteiger partial charge in [-0.1, -0.05) is 0 Å². The number of methoxy groups -OCH3 is 1. The van der Waals surface area contributed by atoms with E-state index in [4.69, 9.17) is 28.4 Å². The van der Waals surface area contributed by atoms with E-state index in [1.54, 1.807) is 19.0 Å². The summed E-state index contributed by atoms with van der Waals surface area (Å²) in [4.78, 5) is 30.1. The van der Waals surface area contributed by atoms with Gasteiger partial charge < -0.3 is 74.6 Å². The first-order valence-corrected chi connectivity index (χ1v) is 14.3. The van der Waals surface area contributed by atoms with Crippen LogP contribution in [-0.2, 0) is 38.0 Å². The molecule has 18 nitrogen and oxygen atoms in total. The molecule has 4 rings (SSSR count). The highest BCUT2D eigenvalue weighted by atomic mass is 16.7. The van der Waals surface area contributed by atoms with Crippen LogP contribution in [-0.4, -0.2) is 180 Å². The predicted octanol–water partition coefficient (Wildman–Crippen LogP) is -5.39. The number of nitrogens with one attached hydrogen (secondary N) is 2. The van der Waals surface area contributed by atoms with Crippen molar-refractivity contribution in [3.05, 3.63) is 0 Å². The number of aliphatic hydroxyl groups is 6. The normalized spacial score (nSPS) is 43.5. The maximum atomic E-state index is 12.2. The molecule has 8 N–H and O–H groups in total. The Morgan fingerprint density at radius 1 is 0.841 bits per heavy atom. The van der Waals surface area contributed by atoms with Crippen molar-refractivity contribution in [1.82, 2.24) is 15.5 Å². The smallest absolute Gasteiger partial charge is 0.287 e. The SMILES string of the molecule is COC[C@@H]1O[C@@H](O[C@@H]2[C@@H](O)[C@@H](NC(C)=O)[C@@H](O[C@@H]3[C@H](O)[C@H]4N=C(N(C)C)O[C@H]4[C@@H]3CO)O[C@@H]2CO)[C@@H](NC(C)=O)[C@H](O)[C@H]1O. The number of carbonyl (C=O) groups excluding carboxylic acids is 2. The molecule has 2 amide bonds. The predicted molar refractivity (Wildman–Crippen MR) is 146 cm³/mol. The number of amides is 2. The minimum Gasteiger partial charge on any atom is -0.459 e. The lowest BCUT2D eigenvalue weighted by molar-refractivity contribution is -0.339. The molecule has 2 saturated heterocycles. The van der Waals surface area contributed by atoms with Crippen molar-refractivity contribution in [1.29, 1.82) is 0 Å². The molecule has 0 bridgehead atoms. The zero-order valence-electron chi connectivity index (χ0n) is 25.1. The molecule has 15 atom stereocenters. The van der Waals surface area contributed by atoms with Gasteiger partial charge in [-0.05, 0) is 0 Å². The van der Waals surface area contributed by atoms with Crippen molar-refractivity contribution in [3.63, 3.8) is 0 Å². The van der Waals surface area contributed by atoms with Crippen molar-refractivity contribution in [2.24, 2.45) is 10.9 Å². The first-order valence-electron chi connectivity index (χ1n) is 14.3. The van der Waals surface area contributed by atoms with Crippen LogP contribution in [0.4, 0.5) is 0 Å². The Bertz CT molecular complexity index is 1040. The second kappa shape index (κ2) is 14.5. The summed E-state index contributed by atoms with van der Waals surface area (Å²) in [7, 11) is 4.79. The van der Waals surface area contributed by atoms with Crippen molar-refractivity contribution < 1.29 is 68.6 Å². The lowest BCUT2D eigenvalue weighted by atomic mass is 9.94. The molecule has 1 saturated carbocycles. The maximum absolute atomic E-state index is 12.2. The summed E-state index contributed by atoms with van der Waals surface area (Å²) in [5.41, 5.74) is 0. The quantitative estimate of drug-likeness (QED) is 0.111. The zero-order valence-corrected chi connectivity index (χ0v) is 25.1. The van der Waals surface area contributed by atoms with Crippen LogP contribution in [0.3, 0.4) is 0 Å². The summed E-state index contributed by atoms with van der Waals surface area (Å²) in [5, 5.41) is 69.3. The fraction of sp³-hybridized carbons (Fsp3) is 0.885. The number of amidine groups is 1. The fourth-order valence-electron chi connectivity index (χ4n) is 6.07. The molecule has 3 heterocycles. The summed E-state index contributed by atoms with van der Waals surface area (Å²) in [6.07, 6.45) is -14.5. The van der Waals surface area contributed by atoms with Crippen molar-refractivity contribution >= 4 is 17.8 Å². The molecular formula is C26H44N4O14. The zero-order chi connectivity index (χ0) is 32.5. The molecule has 0 aromatic rings. The first kappa shape index (κ1) is 34.6. The van der Waals surface area contributed by atoms with Crippen molar-refractivity contribution in [2.75, 3.05) is 41.0 Å². The Balaban J connectivity index is 1.57. The van der Waals surface area contributed by atoms with Crippen LogP contribution in [0.5, 0.6) is 0 Å². The van der Waals surface area contributed by atoms with Crippen molar-refractivity contribution in [2.45, 2.75) is 99.5 Å². The van der Waals surface area contributed by atoms with Gasteiger partial charge in [0.2, 0.25) is 11.8 Å². The second-order valence-corrected chi connectivity index (χ2v) is 11.6. The van der Waals surface area contributed by atoms with Gasteiger partial charge >= 0.3 is 0 Å². The largest absolute Gasteiger partial charge is 0.459 e. The summed E-state index contributed by atoms with van der Waals surface area (Å²) < 4.78 is 34.8. The molecule has 4 aliphatic rings. The Morgan fingerprint density at radius 2 is 1.41 bits per heavy atom. The Labute approximate surface area is 253 Å². The molecule has 3 aliphatic heterocycles. The van der Waals surface area contributed by atoms with E-state index in [-0.39, 0.29) is 12.6 Å². The van der Waals surface area contributed by atoms with Gasteiger partial charge in [-0.2, -0.15) is 0 Å². The van der Waals surface area contributed by atoms with E-state index < -0.39 is 117 Å². The monoisotopic (exact) mass is 636 g/mol. The van der Waals surface area contributed by atoms with E-state index in [2.05, 4.69) is 15.6 Å². The summed E-state index contributed by atoms with van der Waals surface area (Å²) in [6.45, 7) is 1.06. The number of rotatable bonds is 10. The van der Waals surface area contributed by atoms with E-state index in [1.807, 2.05) is 0 Å². The van der Waals surface area contributed by atoms with E-state index in [1.165, 1.54) is 21.0 Å². The molecule has 0 radical (unpaired) electrons. The van der Waals surface area contributed by atoms with Crippen LogP contribution in [0.1, 0.15) is 13.8 Å². The molecule has 252 valence electrons. The average molecular weight is 637 g/mol. The van der Waals surface area contributed by atoms with Gasteiger partial charge in [0.05, 0.1) is 31.8 Å². The topological polar surface area (TPSA) is 251 Å². The van der Waals surface area contributed by atoms with Gasteiger partial charge in [0, 0.05) is 35.1 Å². The second-order valence-electron chi connectivity index (χ2n) is 11.6. The molecule has 3 fully saturated rings. The lowest BCUT2D eigenvalue weighted by Gasteiger charge is -2.48. The molecular weight excluding hydrogens is 592 g/mol. The summed E-state index contributed by atoms with van der Waals surface area (Å²) >= 11 is 0. The number of ether oxygens (including phenoxy) is 6. The van der Waals surface area contributed by atoms with Crippen LogP contribution < -0.4 is 10.6 Å². The minimum absolute atomic E-state index is 0.149. The van der Waals surface area contributed by atoms with E-state index in [9.17, 15) is 40.2 Å². The molecule has 0 spiro atoms. The fourth-order valence-corrected chi connectivity index (χ4v) is 6.07. The van der Waals surface area contributed by atoms with Crippen LogP contribution in [0, 0.1) is 5.92 Å². The highest BCUT2D eigenvalue weighted by Crippen LogP contribution is 2.39. The molecule has 0 aromatic heterocycles. The molecule has 0 aromatic carbocycles. The molecule has 0 unspecified atom stereocenters. The Kier molecular flexibility index (Phi) is 11.4. The van der Waals surface area contributed by atoms with Crippen molar-refractivity contribution in [3.8, 4) is 0 Å². The van der Waals surface area contributed by atoms with Gasteiger partial charge in [-0.3, -0.25) is 9.59 Å². The highest BCUT2D eigenvalue weighted by Gasteiger charge is 2.58. The number of hydrogen-bond acceptors (Lipinski definition) is 16. The van der Waals surface area contributed by atoms with E-state index in [0.717, 1.165) is 0 Å². The van der Waals surface area contributed by atoms with E-state index in [0.29, 0.717) is 0 Å². The number of carbonyl (C=O) groups is 2. The first-order chi connectivity index (χ1) is 20.8.